The number of nitrogens with two attached hydrogens (primary N) is 1. The molecule has 1 aliphatic carbocycles. The Kier molecular flexibility index (Phi) is 5.41. The van der Waals surface area contributed by atoms with Crippen molar-refractivity contribution in [2.24, 2.45) is 5.92 Å². The summed E-state index contributed by atoms with van der Waals surface area (Å²) < 4.78 is 0. The highest BCUT2D eigenvalue weighted by atomic mass is 35.5. The maximum Gasteiger partial charge on any atom is 0.226 e. The molecule has 1 atom stereocenters. The number of hydrogen-bond donors (Lipinski definition) is 2. The summed E-state index contributed by atoms with van der Waals surface area (Å²) in [5, 5.41) is 3.00. The number of nitrogens with one attached hydrogen (secondary N) is 1. The monoisotopic (exact) mass is 269 g/mol. The second kappa shape index (κ2) is 6.59. The Morgan fingerprint density at radius 1 is 1.56 bits per heavy atom. The van der Waals surface area contributed by atoms with Gasteiger partial charge < -0.3 is 11.1 Å². The summed E-state index contributed by atoms with van der Waals surface area (Å²) >= 11 is 0. The number of amides is 1. The summed E-state index contributed by atoms with van der Waals surface area (Å²) in [5.74, 6) is 0.871. The van der Waals surface area contributed by atoms with Crippen LogP contribution in [0.2, 0.25) is 0 Å². The Balaban J connectivity index is 0.00000162. The fraction of sp³-hybridized carbons (Fsp3) is 0.538. The van der Waals surface area contributed by atoms with E-state index in [2.05, 4.69) is 17.2 Å². The Bertz CT molecular complexity index is 390. The first-order chi connectivity index (χ1) is 8.13. The van der Waals surface area contributed by atoms with Crippen LogP contribution in [0.3, 0.4) is 0 Å². The zero-order chi connectivity index (χ0) is 12.3. The lowest BCUT2D eigenvalue weighted by Crippen LogP contribution is -2.34. The number of halogens is 1. The highest BCUT2D eigenvalue weighted by Gasteiger charge is 2.24. The van der Waals surface area contributed by atoms with E-state index in [9.17, 15) is 4.79 Å². The van der Waals surface area contributed by atoms with Gasteiger partial charge in [-0.05, 0) is 31.4 Å². The molecule has 5 heteroatoms. The van der Waals surface area contributed by atoms with Crippen molar-refractivity contribution >= 4 is 24.0 Å². The third kappa shape index (κ3) is 4.92. The van der Waals surface area contributed by atoms with Crippen LogP contribution in [0.25, 0.3) is 0 Å². The average Bonchev–Trinajstić information content (AvgIpc) is 3.05. The number of aromatic nitrogens is 1. The highest BCUT2D eigenvalue weighted by molar-refractivity contribution is 5.85. The molecule has 100 valence electrons. The number of carbonyl (C=O) groups is 1. The minimum atomic E-state index is 0. The van der Waals surface area contributed by atoms with Crippen molar-refractivity contribution in [2.45, 2.75) is 38.6 Å². The van der Waals surface area contributed by atoms with Crippen molar-refractivity contribution in [3.05, 3.63) is 24.0 Å². The van der Waals surface area contributed by atoms with Gasteiger partial charge >= 0.3 is 0 Å². The normalized spacial score (nSPS) is 15.6. The summed E-state index contributed by atoms with van der Waals surface area (Å²) in [7, 11) is 0. The van der Waals surface area contributed by atoms with Crippen LogP contribution in [-0.4, -0.2) is 16.9 Å². The van der Waals surface area contributed by atoms with E-state index in [1.54, 1.807) is 18.3 Å². The molecule has 1 aromatic heterocycles. The predicted octanol–water partition coefficient (Wildman–Crippen LogP) is 1.93. The first kappa shape index (κ1) is 14.8. The van der Waals surface area contributed by atoms with Gasteiger partial charge in [0.1, 0.15) is 0 Å². The zero-order valence-electron chi connectivity index (χ0n) is 10.6. The van der Waals surface area contributed by atoms with E-state index in [1.807, 2.05) is 0 Å². The van der Waals surface area contributed by atoms with Crippen LogP contribution in [0.4, 0.5) is 5.69 Å². The Morgan fingerprint density at radius 2 is 2.28 bits per heavy atom. The molecule has 4 nitrogen and oxygen atoms in total. The standard InChI is InChI=1S/C13H19N3O.ClH/c1-9(6-10-2-3-10)16-13(17)7-12-5-4-11(14)8-15-12;/h4-5,8-10H,2-3,6-7,14H2,1H3,(H,16,17);1H. The van der Waals surface area contributed by atoms with Crippen LogP contribution < -0.4 is 11.1 Å². The van der Waals surface area contributed by atoms with Gasteiger partial charge in [0, 0.05) is 11.7 Å². The van der Waals surface area contributed by atoms with Gasteiger partial charge in [-0.2, -0.15) is 0 Å². The molecule has 1 heterocycles. The van der Waals surface area contributed by atoms with E-state index in [-0.39, 0.29) is 24.4 Å². The lowest BCUT2D eigenvalue weighted by Gasteiger charge is -2.13. The predicted molar refractivity (Wildman–Crippen MR) is 74.5 cm³/mol. The molecule has 0 bridgehead atoms. The fourth-order valence-electron chi connectivity index (χ4n) is 1.94. The lowest BCUT2D eigenvalue weighted by atomic mass is 10.1. The fourth-order valence-corrected chi connectivity index (χ4v) is 1.94. The van der Waals surface area contributed by atoms with Crippen molar-refractivity contribution in [2.75, 3.05) is 5.73 Å². The Morgan fingerprint density at radius 3 is 2.83 bits per heavy atom. The molecule has 1 saturated carbocycles. The zero-order valence-corrected chi connectivity index (χ0v) is 11.4. The maximum absolute atomic E-state index is 11.7. The number of hydrogen-bond acceptors (Lipinski definition) is 3. The smallest absolute Gasteiger partial charge is 0.226 e. The number of carbonyl (C=O) groups excluding carboxylic acids is 1. The van der Waals surface area contributed by atoms with Gasteiger partial charge in [-0.15, -0.1) is 12.4 Å². The molecule has 1 unspecified atom stereocenters. The molecule has 3 N–H and O–H groups in total. The number of rotatable bonds is 5. The van der Waals surface area contributed by atoms with Crippen molar-refractivity contribution < 1.29 is 4.79 Å². The van der Waals surface area contributed by atoms with Gasteiger partial charge in [-0.25, -0.2) is 0 Å². The first-order valence-corrected chi connectivity index (χ1v) is 6.13. The lowest BCUT2D eigenvalue weighted by molar-refractivity contribution is -0.121. The number of anilines is 1. The van der Waals surface area contributed by atoms with Crippen LogP contribution in [0.1, 0.15) is 31.9 Å². The number of nitrogens with zero attached hydrogens (tertiary/aromatic N) is 1. The van der Waals surface area contributed by atoms with E-state index < -0.39 is 0 Å². The Hall–Kier alpha value is -1.29. The van der Waals surface area contributed by atoms with Crippen LogP contribution >= 0.6 is 12.4 Å². The van der Waals surface area contributed by atoms with Gasteiger partial charge in [-0.1, -0.05) is 12.8 Å². The summed E-state index contributed by atoms with van der Waals surface area (Å²) in [5.41, 5.74) is 6.92. The van der Waals surface area contributed by atoms with Crippen LogP contribution in [-0.2, 0) is 11.2 Å². The van der Waals surface area contributed by atoms with Gasteiger partial charge in [0.2, 0.25) is 5.91 Å². The second-order valence-corrected chi connectivity index (χ2v) is 4.91. The Labute approximate surface area is 114 Å². The molecule has 0 spiro atoms. The minimum absolute atomic E-state index is 0. The average molecular weight is 270 g/mol. The third-order valence-electron chi connectivity index (χ3n) is 2.98. The number of nitrogen functional groups attached to an aromatic ring is 1. The molecule has 18 heavy (non-hydrogen) atoms. The molecule has 0 radical (unpaired) electrons. The largest absolute Gasteiger partial charge is 0.397 e. The van der Waals surface area contributed by atoms with Crippen LogP contribution in [0.5, 0.6) is 0 Å². The molecule has 1 amide bonds. The van der Waals surface area contributed by atoms with Gasteiger partial charge in [0.25, 0.3) is 0 Å². The van der Waals surface area contributed by atoms with E-state index in [4.69, 9.17) is 5.73 Å². The van der Waals surface area contributed by atoms with E-state index in [1.165, 1.54) is 12.8 Å². The molecular formula is C13H20ClN3O. The summed E-state index contributed by atoms with van der Waals surface area (Å²) in [6.07, 6.45) is 5.64. The van der Waals surface area contributed by atoms with Gasteiger partial charge in [0.15, 0.2) is 0 Å². The molecule has 0 aliphatic heterocycles. The number of pyridine rings is 1. The van der Waals surface area contributed by atoms with Crippen LogP contribution in [0.15, 0.2) is 18.3 Å². The summed E-state index contributed by atoms with van der Waals surface area (Å²) in [4.78, 5) is 15.8. The molecular weight excluding hydrogens is 250 g/mol. The van der Waals surface area contributed by atoms with Gasteiger partial charge in [-0.3, -0.25) is 9.78 Å². The van der Waals surface area contributed by atoms with E-state index >= 15 is 0 Å². The van der Waals surface area contributed by atoms with Crippen LogP contribution in [0, 0.1) is 5.92 Å². The van der Waals surface area contributed by atoms with Crippen molar-refractivity contribution in [1.29, 1.82) is 0 Å². The van der Waals surface area contributed by atoms with E-state index in [0.717, 1.165) is 18.0 Å². The molecule has 2 rings (SSSR count). The van der Waals surface area contributed by atoms with Crippen molar-refractivity contribution in [3.8, 4) is 0 Å². The topological polar surface area (TPSA) is 68.0 Å². The molecule has 0 saturated heterocycles. The second-order valence-electron chi connectivity index (χ2n) is 4.91. The van der Waals surface area contributed by atoms with Crippen molar-refractivity contribution in [1.82, 2.24) is 10.3 Å². The maximum atomic E-state index is 11.7. The third-order valence-corrected chi connectivity index (χ3v) is 2.98. The van der Waals surface area contributed by atoms with Crippen molar-refractivity contribution in [3.63, 3.8) is 0 Å². The summed E-state index contributed by atoms with van der Waals surface area (Å²) in [6.45, 7) is 2.06. The van der Waals surface area contributed by atoms with E-state index in [0.29, 0.717) is 12.1 Å². The highest BCUT2D eigenvalue weighted by Crippen LogP contribution is 2.33. The molecule has 0 aromatic carbocycles. The van der Waals surface area contributed by atoms with Gasteiger partial charge in [0.05, 0.1) is 18.3 Å². The molecule has 1 aromatic rings. The molecule has 1 fully saturated rings. The SMILES string of the molecule is CC(CC1CC1)NC(=O)Cc1ccc(N)cn1.Cl. The molecule has 1 aliphatic rings. The quantitative estimate of drug-likeness (QED) is 0.858. The first-order valence-electron chi connectivity index (χ1n) is 6.13. The summed E-state index contributed by atoms with van der Waals surface area (Å²) in [6, 6.07) is 3.83. The minimum Gasteiger partial charge on any atom is -0.397 e.